The van der Waals surface area contributed by atoms with Crippen LogP contribution in [0.4, 0.5) is 4.79 Å². The Bertz CT molecular complexity index is 592. The molecule has 0 aliphatic carbocycles. The van der Waals surface area contributed by atoms with Gasteiger partial charge < -0.3 is 15.1 Å². The zero-order valence-electron chi connectivity index (χ0n) is 14.4. The van der Waals surface area contributed by atoms with Crippen LogP contribution in [0, 0.1) is 5.92 Å². The van der Waals surface area contributed by atoms with Crippen LogP contribution < -0.4 is 5.32 Å². The quantitative estimate of drug-likeness (QED) is 0.899. The van der Waals surface area contributed by atoms with Crippen molar-refractivity contribution in [3.05, 3.63) is 35.9 Å². The van der Waals surface area contributed by atoms with Crippen molar-refractivity contribution in [2.45, 2.75) is 19.5 Å². The van der Waals surface area contributed by atoms with E-state index in [4.69, 9.17) is 0 Å². The van der Waals surface area contributed by atoms with Crippen LogP contribution in [0.1, 0.15) is 12.5 Å². The molecular weight excluding hydrogens is 304 g/mol. The number of likely N-dealkylation sites (tertiary alicyclic amines) is 1. The van der Waals surface area contributed by atoms with Gasteiger partial charge in [0, 0.05) is 45.8 Å². The Hall–Kier alpha value is -2.08. The van der Waals surface area contributed by atoms with Crippen molar-refractivity contribution in [3.8, 4) is 0 Å². The van der Waals surface area contributed by atoms with Crippen molar-refractivity contribution >= 4 is 11.9 Å². The Morgan fingerprint density at radius 1 is 1.21 bits per heavy atom. The van der Waals surface area contributed by atoms with Gasteiger partial charge in [0.2, 0.25) is 5.91 Å². The van der Waals surface area contributed by atoms with E-state index in [0.29, 0.717) is 19.0 Å². The predicted molar refractivity (Wildman–Crippen MR) is 92.4 cm³/mol. The van der Waals surface area contributed by atoms with Crippen molar-refractivity contribution in [3.63, 3.8) is 0 Å². The summed E-state index contributed by atoms with van der Waals surface area (Å²) in [5.41, 5.74) is 1.29. The number of carbonyl (C=O) groups is 2. The Morgan fingerprint density at radius 2 is 1.96 bits per heavy atom. The van der Waals surface area contributed by atoms with Crippen LogP contribution in [0.15, 0.2) is 30.3 Å². The number of carbonyl (C=O) groups excluding carboxylic acids is 2. The lowest BCUT2D eigenvalue weighted by Crippen LogP contribution is -2.55. The predicted octanol–water partition coefficient (Wildman–Crippen LogP) is 0.991. The minimum atomic E-state index is -0.116. The number of piperazine rings is 1. The van der Waals surface area contributed by atoms with Gasteiger partial charge in [0.25, 0.3) is 0 Å². The minimum absolute atomic E-state index is 0.00146. The highest BCUT2D eigenvalue weighted by Crippen LogP contribution is 2.19. The number of nitrogens with one attached hydrogen (secondary N) is 1. The number of hydrogen-bond donors (Lipinski definition) is 1. The maximum Gasteiger partial charge on any atom is 0.318 e. The number of amides is 3. The van der Waals surface area contributed by atoms with Gasteiger partial charge in [-0.15, -0.1) is 0 Å². The summed E-state index contributed by atoms with van der Waals surface area (Å²) in [5, 5.41) is 3.12. The lowest BCUT2D eigenvalue weighted by molar-refractivity contribution is -0.133. The molecule has 6 nitrogen and oxygen atoms in total. The van der Waals surface area contributed by atoms with E-state index in [2.05, 4.69) is 41.4 Å². The lowest BCUT2D eigenvalue weighted by Gasteiger charge is -2.33. The Morgan fingerprint density at radius 3 is 2.67 bits per heavy atom. The maximum atomic E-state index is 12.4. The van der Waals surface area contributed by atoms with Crippen LogP contribution in [-0.4, -0.2) is 72.5 Å². The molecule has 2 saturated heterocycles. The van der Waals surface area contributed by atoms with Gasteiger partial charge in [-0.3, -0.25) is 9.69 Å². The first-order valence-corrected chi connectivity index (χ1v) is 8.58. The van der Waals surface area contributed by atoms with E-state index in [1.165, 1.54) is 5.56 Å². The third kappa shape index (κ3) is 3.87. The molecule has 0 spiro atoms. The van der Waals surface area contributed by atoms with Gasteiger partial charge in [0.05, 0.1) is 0 Å². The van der Waals surface area contributed by atoms with E-state index >= 15 is 0 Å². The normalized spacial score (nSPS) is 25.2. The summed E-state index contributed by atoms with van der Waals surface area (Å²) in [6, 6.07) is 10.4. The highest BCUT2D eigenvalue weighted by atomic mass is 16.2. The van der Waals surface area contributed by atoms with Crippen LogP contribution in [0.5, 0.6) is 0 Å². The van der Waals surface area contributed by atoms with Gasteiger partial charge in [-0.1, -0.05) is 37.3 Å². The van der Waals surface area contributed by atoms with Gasteiger partial charge >= 0.3 is 6.03 Å². The zero-order chi connectivity index (χ0) is 17.1. The Labute approximate surface area is 143 Å². The molecule has 0 radical (unpaired) electrons. The number of likely N-dealkylation sites (N-methyl/N-ethyl adjacent to an activating group) is 1. The molecule has 0 bridgehead atoms. The van der Waals surface area contributed by atoms with Gasteiger partial charge in [-0.25, -0.2) is 4.79 Å². The molecule has 2 fully saturated rings. The van der Waals surface area contributed by atoms with Crippen molar-refractivity contribution in [2.24, 2.45) is 5.92 Å². The van der Waals surface area contributed by atoms with E-state index in [-0.39, 0.29) is 24.5 Å². The molecule has 0 aromatic heterocycles. The molecule has 2 heterocycles. The first-order valence-electron chi connectivity index (χ1n) is 8.58. The van der Waals surface area contributed by atoms with Crippen molar-refractivity contribution in [1.82, 2.24) is 20.0 Å². The Balaban J connectivity index is 1.52. The number of hydrogen-bond acceptors (Lipinski definition) is 3. The molecule has 0 unspecified atom stereocenters. The fourth-order valence-corrected chi connectivity index (χ4v) is 3.41. The molecule has 3 rings (SSSR count). The summed E-state index contributed by atoms with van der Waals surface area (Å²) in [5.74, 6) is 0.405. The van der Waals surface area contributed by atoms with Crippen molar-refractivity contribution < 1.29 is 9.59 Å². The van der Waals surface area contributed by atoms with E-state index in [0.717, 1.165) is 19.6 Å². The summed E-state index contributed by atoms with van der Waals surface area (Å²) >= 11 is 0. The molecule has 2 aliphatic heterocycles. The topological polar surface area (TPSA) is 55.9 Å². The molecule has 1 aromatic carbocycles. The second-order valence-electron chi connectivity index (χ2n) is 6.95. The Kier molecular flexibility index (Phi) is 5.04. The molecule has 1 N–H and O–H groups in total. The molecule has 1 aromatic rings. The van der Waals surface area contributed by atoms with Crippen LogP contribution in [-0.2, 0) is 11.3 Å². The highest BCUT2D eigenvalue weighted by Gasteiger charge is 2.33. The molecular formula is C18H26N4O2. The van der Waals surface area contributed by atoms with E-state index in [1.807, 2.05) is 6.07 Å². The lowest BCUT2D eigenvalue weighted by atomic mass is 10.1. The summed E-state index contributed by atoms with van der Waals surface area (Å²) in [6.07, 6.45) is 0. The average molecular weight is 330 g/mol. The fraction of sp³-hybridized carbons (Fsp3) is 0.556. The zero-order valence-corrected chi connectivity index (χ0v) is 14.4. The summed E-state index contributed by atoms with van der Waals surface area (Å²) < 4.78 is 0. The number of rotatable bonds is 3. The van der Waals surface area contributed by atoms with E-state index in [9.17, 15) is 9.59 Å². The SMILES string of the molecule is C[C@H]1CN(Cc2ccccc2)C[C@H]1NC(=O)N1CCN(C)C(=O)C1. The monoisotopic (exact) mass is 330 g/mol. The second kappa shape index (κ2) is 7.21. The van der Waals surface area contributed by atoms with Gasteiger partial charge in [0.1, 0.15) is 6.54 Å². The number of urea groups is 1. The van der Waals surface area contributed by atoms with Crippen molar-refractivity contribution in [2.75, 3.05) is 39.8 Å². The van der Waals surface area contributed by atoms with Gasteiger partial charge in [0.15, 0.2) is 0 Å². The molecule has 24 heavy (non-hydrogen) atoms. The first kappa shape index (κ1) is 16.8. The number of nitrogens with zero attached hydrogens (tertiary/aromatic N) is 3. The second-order valence-corrected chi connectivity index (χ2v) is 6.95. The fourth-order valence-electron chi connectivity index (χ4n) is 3.41. The molecule has 0 saturated carbocycles. The average Bonchev–Trinajstić information content (AvgIpc) is 2.90. The summed E-state index contributed by atoms with van der Waals surface area (Å²) in [7, 11) is 1.78. The summed E-state index contributed by atoms with van der Waals surface area (Å²) in [4.78, 5) is 29.9. The van der Waals surface area contributed by atoms with Crippen LogP contribution in [0.2, 0.25) is 0 Å². The van der Waals surface area contributed by atoms with E-state index in [1.54, 1.807) is 16.8 Å². The van der Waals surface area contributed by atoms with Crippen LogP contribution in [0.25, 0.3) is 0 Å². The molecule has 6 heteroatoms. The van der Waals surface area contributed by atoms with Crippen LogP contribution in [0.3, 0.4) is 0 Å². The molecule has 2 atom stereocenters. The third-order valence-corrected chi connectivity index (χ3v) is 4.99. The van der Waals surface area contributed by atoms with E-state index < -0.39 is 0 Å². The largest absolute Gasteiger partial charge is 0.342 e. The van der Waals surface area contributed by atoms with Gasteiger partial charge in [-0.05, 0) is 11.5 Å². The highest BCUT2D eigenvalue weighted by molar-refractivity contribution is 5.85. The summed E-state index contributed by atoms with van der Waals surface area (Å²) in [6.45, 7) is 6.29. The standard InChI is InChI=1S/C18H26N4O2/c1-14-10-21(11-15-6-4-3-5-7-15)12-16(14)19-18(24)22-9-8-20(2)17(23)13-22/h3-7,14,16H,8-13H2,1-2H3,(H,19,24)/t14-,16+/m0/s1. The maximum absolute atomic E-state index is 12.4. The first-order chi connectivity index (χ1) is 11.5. The molecule has 130 valence electrons. The van der Waals surface area contributed by atoms with Crippen LogP contribution >= 0.6 is 0 Å². The molecule has 2 aliphatic rings. The third-order valence-electron chi connectivity index (χ3n) is 4.99. The van der Waals surface area contributed by atoms with Crippen molar-refractivity contribution in [1.29, 1.82) is 0 Å². The number of benzene rings is 1. The van der Waals surface area contributed by atoms with Gasteiger partial charge in [-0.2, -0.15) is 0 Å². The smallest absolute Gasteiger partial charge is 0.318 e. The molecule has 3 amide bonds. The minimum Gasteiger partial charge on any atom is -0.342 e.